The van der Waals surface area contributed by atoms with Crippen LogP contribution in [-0.2, 0) is 4.79 Å². The zero-order chi connectivity index (χ0) is 15.1. The second-order valence-electron chi connectivity index (χ2n) is 6.38. The lowest BCUT2D eigenvalue weighted by Gasteiger charge is -2.30. The van der Waals surface area contributed by atoms with Crippen molar-refractivity contribution in [2.75, 3.05) is 19.6 Å². The summed E-state index contributed by atoms with van der Waals surface area (Å²) in [6.07, 6.45) is 5.86. The molecule has 1 saturated heterocycles. The highest BCUT2D eigenvalue weighted by Crippen LogP contribution is 2.27. The molecule has 1 amide bonds. The molecular weight excluding hydrogens is 280 g/mol. The Morgan fingerprint density at radius 2 is 2.00 bits per heavy atom. The fourth-order valence-electron chi connectivity index (χ4n) is 2.95. The van der Waals surface area contributed by atoms with E-state index < -0.39 is 0 Å². The van der Waals surface area contributed by atoms with Crippen LogP contribution in [0, 0.1) is 5.92 Å². The molecule has 4 heteroatoms. The smallest absolute Gasteiger partial charge is 0.220 e. The van der Waals surface area contributed by atoms with Gasteiger partial charge in [0.15, 0.2) is 0 Å². The molecule has 1 atom stereocenters. The second kappa shape index (κ2) is 8.54. The quantitative estimate of drug-likeness (QED) is 0.866. The highest BCUT2D eigenvalue weighted by Gasteiger charge is 2.22. The van der Waals surface area contributed by atoms with Gasteiger partial charge in [0.1, 0.15) is 0 Å². The zero-order valence-electron chi connectivity index (χ0n) is 13.3. The summed E-state index contributed by atoms with van der Waals surface area (Å²) in [5.74, 6) is 0.602. The molecule has 1 aliphatic heterocycles. The number of hydrogen-bond acceptors (Lipinski definition) is 3. The van der Waals surface area contributed by atoms with Crippen LogP contribution in [0.2, 0.25) is 0 Å². The third-order valence-corrected chi connectivity index (χ3v) is 5.01. The van der Waals surface area contributed by atoms with Crippen molar-refractivity contribution in [1.29, 1.82) is 0 Å². The van der Waals surface area contributed by atoms with E-state index in [1.807, 2.05) is 0 Å². The zero-order valence-corrected chi connectivity index (χ0v) is 14.1. The van der Waals surface area contributed by atoms with E-state index >= 15 is 0 Å². The van der Waals surface area contributed by atoms with E-state index in [-0.39, 0.29) is 5.91 Å². The third kappa shape index (κ3) is 5.44. The van der Waals surface area contributed by atoms with Gasteiger partial charge in [-0.25, -0.2) is 0 Å². The first-order valence-corrected chi connectivity index (χ1v) is 9.09. The summed E-state index contributed by atoms with van der Waals surface area (Å²) in [4.78, 5) is 15.9. The Kier molecular flexibility index (Phi) is 6.71. The molecule has 0 aromatic carbocycles. The summed E-state index contributed by atoms with van der Waals surface area (Å²) in [6.45, 7) is 7.23. The summed E-state index contributed by atoms with van der Waals surface area (Å²) >= 11 is 1.80. The van der Waals surface area contributed by atoms with Gasteiger partial charge >= 0.3 is 0 Å². The van der Waals surface area contributed by atoms with Crippen molar-refractivity contribution < 1.29 is 4.79 Å². The van der Waals surface area contributed by atoms with Gasteiger partial charge in [-0.2, -0.15) is 0 Å². The van der Waals surface area contributed by atoms with Crippen LogP contribution in [0.25, 0.3) is 0 Å². The third-order valence-electron chi connectivity index (χ3n) is 4.04. The molecule has 0 bridgehead atoms. The van der Waals surface area contributed by atoms with Gasteiger partial charge < -0.3 is 5.32 Å². The van der Waals surface area contributed by atoms with Crippen molar-refractivity contribution in [1.82, 2.24) is 10.2 Å². The summed E-state index contributed by atoms with van der Waals surface area (Å²) < 4.78 is 0. The molecule has 0 radical (unpaired) electrons. The number of amides is 1. The largest absolute Gasteiger partial charge is 0.354 e. The fourth-order valence-corrected chi connectivity index (χ4v) is 3.81. The summed E-state index contributed by atoms with van der Waals surface area (Å²) in [6, 6.07) is 4.66. The van der Waals surface area contributed by atoms with Crippen molar-refractivity contribution in [2.24, 2.45) is 5.92 Å². The van der Waals surface area contributed by atoms with Crippen LogP contribution in [0.3, 0.4) is 0 Å². The Morgan fingerprint density at radius 3 is 2.57 bits per heavy atom. The van der Waals surface area contributed by atoms with Gasteiger partial charge in [-0.3, -0.25) is 9.69 Å². The molecule has 1 N–H and O–H groups in total. The van der Waals surface area contributed by atoms with Crippen LogP contribution in [0.1, 0.15) is 56.9 Å². The van der Waals surface area contributed by atoms with Gasteiger partial charge in [0, 0.05) is 17.8 Å². The maximum Gasteiger partial charge on any atom is 0.220 e. The molecule has 21 heavy (non-hydrogen) atoms. The lowest BCUT2D eigenvalue weighted by atomic mass is 10.1. The summed E-state index contributed by atoms with van der Waals surface area (Å²) in [5.41, 5.74) is 0. The molecule has 118 valence electrons. The van der Waals surface area contributed by atoms with Crippen LogP contribution < -0.4 is 5.32 Å². The highest BCUT2D eigenvalue weighted by molar-refractivity contribution is 7.10. The molecule has 0 spiro atoms. The highest BCUT2D eigenvalue weighted by atomic mass is 32.1. The van der Waals surface area contributed by atoms with Crippen molar-refractivity contribution >= 4 is 17.2 Å². The second-order valence-corrected chi connectivity index (χ2v) is 7.36. The Bertz CT molecular complexity index is 408. The molecular formula is C17H28N2OS. The Hall–Kier alpha value is -0.870. The molecule has 1 aromatic heterocycles. The first-order valence-electron chi connectivity index (χ1n) is 8.21. The van der Waals surface area contributed by atoms with Crippen LogP contribution in [0.5, 0.6) is 0 Å². The van der Waals surface area contributed by atoms with Crippen molar-refractivity contribution in [3.8, 4) is 0 Å². The van der Waals surface area contributed by atoms with Crippen LogP contribution in [0.4, 0.5) is 0 Å². The minimum absolute atomic E-state index is 0.182. The average molecular weight is 308 g/mol. The van der Waals surface area contributed by atoms with E-state index in [0.717, 1.165) is 19.6 Å². The minimum atomic E-state index is 0.182. The summed E-state index contributed by atoms with van der Waals surface area (Å²) in [5, 5.41) is 5.28. The normalized spacial score (nSPS) is 18.4. The van der Waals surface area contributed by atoms with Crippen molar-refractivity contribution in [3.63, 3.8) is 0 Å². The first-order chi connectivity index (χ1) is 10.2. The van der Waals surface area contributed by atoms with E-state index in [0.29, 0.717) is 18.4 Å². The van der Waals surface area contributed by atoms with Crippen molar-refractivity contribution in [2.45, 2.75) is 52.0 Å². The van der Waals surface area contributed by atoms with Crippen LogP contribution >= 0.6 is 11.3 Å². The Labute approximate surface area is 132 Å². The van der Waals surface area contributed by atoms with E-state index in [2.05, 4.69) is 41.6 Å². The van der Waals surface area contributed by atoms with Crippen LogP contribution in [0.15, 0.2) is 17.5 Å². The maximum atomic E-state index is 12.0. The molecule has 1 aromatic rings. The van der Waals surface area contributed by atoms with Gasteiger partial charge in [-0.05, 0) is 43.3 Å². The summed E-state index contributed by atoms with van der Waals surface area (Å²) in [7, 11) is 0. The molecule has 1 fully saturated rings. The minimum Gasteiger partial charge on any atom is -0.354 e. The van der Waals surface area contributed by atoms with E-state index in [1.165, 1.54) is 30.6 Å². The Balaban J connectivity index is 1.97. The van der Waals surface area contributed by atoms with Gasteiger partial charge in [0.2, 0.25) is 5.91 Å². The predicted molar refractivity (Wildman–Crippen MR) is 89.6 cm³/mol. The number of hydrogen-bond donors (Lipinski definition) is 1. The molecule has 1 unspecified atom stereocenters. The number of carbonyl (C=O) groups excluding carboxylic acids is 1. The van der Waals surface area contributed by atoms with E-state index in [9.17, 15) is 4.79 Å². The average Bonchev–Trinajstić information content (AvgIpc) is 2.81. The fraction of sp³-hybridized carbons (Fsp3) is 0.706. The number of carbonyl (C=O) groups is 1. The van der Waals surface area contributed by atoms with Gasteiger partial charge in [0.05, 0.1) is 6.04 Å². The lowest BCUT2D eigenvalue weighted by molar-refractivity contribution is -0.122. The number of thiophene rings is 1. The maximum absolute atomic E-state index is 12.0. The first kappa shape index (κ1) is 16.5. The van der Waals surface area contributed by atoms with Gasteiger partial charge in [0.25, 0.3) is 0 Å². The Morgan fingerprint density at radius 1 is 1.29 bits per heavy atom. The van der Waals surface area contributed by atoms with E-state index in [1.54, 1.807) is 11.3 Å². The number of nitrogens with one attached hydrogen (secondary N) is 1. The molecule has 0 saturated carbocycles. The molecule has 2 rings (SSSR count). The number of nitrogens with zero attached hydrogens (tertiary/aromatic N) is 1. The molecule has 2 heterocycles. The SMILES string of the molecule is CC(C)CC(=O)NCC(c1cccs1)N1CCCCCC1. The molecule has 3 nitrogen and oxygen atoms in total. The van der Waals surface area contributed by atoms with E-state index in [4.69, 9.17) is 0 Å². The number of likely N-dealkylation sites (tertiary alicyclic amines) is 1. The monoisotopic (exact) mass is 308 g/mol. The number of rotatable bonds is 6. The predicted octanol–water partition coefficient (Wildman–Crippen LogP) is 3.83. The topological polar surface area (TPSA) is 32.3 Å². The van der Waals surface area contributed by atoms with Crippen molar-refractivity contribution in [3.05, 3.63) is 22.4 Å². The standard InChI is InChI=1S/C17H28N2OS/c1-14(2)12-17(20)18-13-15(16-8-7-11-21-16)19-9-5-3-4-6-10-19/h7-8,11,14-15H,3-6,9-10,12-13H2,1-2H3,(H,18,20). The van der Waals surface area contributed by atoms with Gasteiger partial charge in [-0.1, -0.05) is 32.8 Å². The molecule has 0 aliphatic carbocycles. The van der Waals surface area contributed by atoms with Crippen LogP contribution in [-0.4, -0.2) is 30.4 Å². The van der Waals surface area contributed by atoms with Gasteiger partial charge in [-0.15, -0.1) is 11.3 Å². The molecule has 1 aliphatic rings. The lowest BCUT2D eigenvalue weighted by Crippen LogP contribution is -2.38.